The van der Waals surface area contributed by atoms with Crippen LogP contribution in [0.5, 0.6) is 0 Å². The van der Waals surface area contributed by atoms with Crippen molar-refractivity contribution in [2.45, 2.75) is 38.1 Å². The Balaban J connectivity index is 1.14. The molecule has 3 aliphatic rings. The Morgan fingerprint density at radius 1 is 0.647 bits per heavy atom. The Kier molecular flexibility index (Phi) is 6.68. The molecule has 0 N–H and O–H groups in total. The highest BCUT2D eigenvalue weighted by Crippen LogP contribution is 2.53. The van der Waals surface area contributed by atoms with E-state index in [1.807, 2.05) is 28.9 Å². The summed E-state index contributed by atoms with van der Waals surface area (Å²) >= 11 is 0. The molecule has 3 aromatic heterocycles. The minimum atomic E-state index is 0.0133. The molecule has 0 saturated carbocycles. The first kappa shape index (κ1) is 29.7. The predicted molar refractivity (Wildman–Crippen MR) is 204 cm³/mol. The van der Waals surface area contributed by atoms with Gasteiger partial charge in [0.05, 0.1) is 0 Å². The van der Waals surface area contributed by atoms with Crippen LogP contribution in [-0.4, -0.2) is 29.4 Å². The summed E-state index contributed by atoms with van der Waals surface area (Å²) < 4.78 is 3.94. The number of pyridine rings is 1. The molecule has 6 nitrogen and oxygen atoms in total. The van der Waals surface area contributed by atoms with Crippen LogP contribution in [0.15, 0.2) is 146 Å². The van der Waals surface area contributed by atoms with Gasteiger partial charge in [0.2, 0.25) is 0 Å². The molecule has 2 aliphatic carbocycles. The van der Waals surface area contributed by atoms with Crippen LogP contribution < -0.4 is 0 Å². The van der Waals surface area contributed by atoms with Crippen molar-refractivity contribution in [3.63, 3.8) is 0 Å². The number of nitrogens with zero attached hydrogens (tertiary/aromatic N) is 6. The molecule has 246 valence electrons. The maximum atomic E-state index is 5.20. The van der Waals surface area contributed by atoms with Gasteiger partial charge in [0.1, 0.15) is 0 Å². The molecule has 0 fully saturated rings. The summed E-state index contributed by atoms with van der Waals surface area (Å²) in [5.74, 6) is 3.12. The summed E-state index contributed by atoms with van der Waals surface area (Å²) in [7, 11) is 0. The van der Waals surface area contributed by atoms with Crippen molar-refractivity contribution in [3.8, 4) is 45.0 Å². The van der Waals surface area contributed by atoms with E-state index in [0.717, 1.165) is 63.4 Å². The smallest absolute Gasteiger partial charge is 0.182 e. The average Bonchev–Trinajstić information content (AvgIpc) is 3.89. The molecule has 0 amide bonds. The van der Waals surface area contributed by atoms with E-state index >= 15 is 0 Å². The van der Waals surface area contributed by atoms with Gasteiger partial charge in [0.15, 0.2) is 23.1 Å². The standard InChI is InChI=1S/C45H36N6/c1-45(2)39-20-10-9-17-37(39)38-22-21-31(28-40(38)45)32-25-33(41-46-43-35(18-11-23-50(43)48-41)29-13-5-3-6-14-29)27-34(26-32)42-47-44-36(19-12-24-51(44)49-42)30-15-7-4-8-16-30/h3-11,13-23,25-28,37,39H,12,24H2,1-2H3. The minimum Gasteiger partial charge on any atom is -0.245 e. The van der Waals surface area contributed by atoms with Gasteiger partial charge in [-0.05, 0) is 81.5 Å². The van der Waals surface area contributed by atoms with Crippen molar-refractivity contribution in [1.29, 1.82) is 0 Å². The van der Waals surface area contributed by atoms with Crippen LogP contribution in [0, 0.1) is 5.92 Å². The van der Waals surface area contributed by atoms with E-state index in [4.69, 9.17) is 20.2 Å². The van der Waals surface area contributed by atoms with E-state index in [1.54, 1.807) is 0 Å². The molecular weight excluding hydrogens is 625 g/mol. The zero-order valence-corrected chi connectivity index (χ0v) is 28.6. The Morgan fingerprint density at radius 2 is 1.37 bits per heavy atom. The van der Waals surface area contributed by atoms with Crippen molar-refractivity contribution in [2.24, 2.45) is 5.92 Å². The number of fused-ring (bicyclic) bond motifs is 5. The van der Waals surface area contributed by atoms with Gasteiger partial charge in [-0.2, -0.15) is 5.10 Å². The number of allylic oxidation sites excluding steroid dienone is 5. The first-order valence-electron chi connectivity index (χ1n) is 17.8. The van der Waals surface area contributed by atoms with Crippen molar-refractivity contribution in [3.05, 3.63) is 168 Å². The zero-order valence-electron chi connectivity index (χ0n) is 28.6. The Morgan fingerprint density at radius 3 is 2.18 bits per heavy atom. The lowest BCUT2D eigenvalue weighted by atomic mass is 9.74. The van der Waals surface area contributed by atoms with Gasteiger partial charge in [0.25, 0.3) is 0 Å². The number of benzene rings is 4. The Hall–Kier alpha value is -6.14. The van der Waals surface area contributed by atoms with Crippen molar-refractivity contribution in [2.75, 3.05) is 0 Å². The number of hydrogen-bond donors (Lipinski definition) is 0. The van der Waals surface area contributed by atoms with E-state index in [9.17, 15) is 0 Å². The molecule has 0 radical (unpaired) electrons. The number of aryl methyl sites for hydroxylation is 1. The van der Waals surface area contributed by atoms with Crippen molar-refractivity contribution in [1.82, 2.24) is 29.4 Å². The lowest BCUT2D eigenvalue weighted by Gasteiger charge is -2.29. The molecule has 4 heterocycles. The number of hydrogen-bond acceptors (Lipinski definition) is 4. The highest BCUT2D eigenvalue weighted by Gasteiger charge is 2.44. The van der Waals surface area contributed by atoms with Gasteiger partial charge in [-0.15, -0.1) is 5.10 Å². The lowest BCUT2D eigenvalue weighted by molar-refractivity contribution is 0.394. The summed E-state index contributed by atoms with van der Waals surface area (Å²) in [5.41, 5.74) is 12.2. The van der Waals surface area contributed by atoms with Gasteiger partial charge < -0.3 is 0 Å². The van der Waals surface area contributed by atoms with Crippen LogP contribution in [-0.2, 0) is 12.0 Å². The zero-order chi connectivity index (χ0) is 34.1. The van der Waals surface area contributed by atoms with Gasteiger partial charge in [0, 0.05) is 40.9 Å². The molecule has 0 bridgehead atoms. The van der Waals surface area contributed by atoms with E-state index < -0.39 is 0 Å². The highest BCUT2D eigenvalue weighted by atomic mass is 15.4. The van der Waals surface area contributed by atoms with Crippen LogP contribution in [0.3, 0.4) is 0 Å². The monoisotopic (exact) mass is 660 g/mol. The van der Waals surface area contributed by atoms with E-state index in [2.05, 4.69) is 140 Å². The van der Waals surface area contributed by atoms with Gasteiger partial charge in [-0.1, -0.05) is 123 Å². The third-order valence-electron chi connectivity index (χ3n) is 11.0. The summed E-state index contributed by atoms with van der Waals surface area (Å²) in [6.07, 6.45) is 14.3. The molecule has 6 heteroatoms. The molecule has 2 unspecified atom stereocenters. The summed E-state index contributed by atoms with van der Waals surface area (Å²) in [6, 6.07) is 38.6. The molecule has 51 heavy (non-hydrogen) atoms. The summed E-state index contributed by atoms with van der Waals surface area (Å²) in [4.78, 5) is 10.4. The molecule has 7 aromatic rings. The second-order valence-corrected chi connectivity index (χ2v) is 14.4. The molecule has 1 aliphatic heterocycles. The largest absolute Gasteiger partial charge is 0.245 e. The van der Waals surface area contributed by atoms with Crippen molar-refractivity contribution < 1.29 is 0 Å². The number of aromatic nitrogens is 6. The second-order valence-electron chi connectivity index (χ2n) is 14.4. The van der Waals surface area contributed by atoms with Gasteiger partial charge >= 0.3 is 0 Å². The third-order valence-corrected chi connectivity index (χ3v) is 11.0. The maximum absolute atomic E-state index is 5.20. The molecular formula is C45H36N6. The summed E-state index contributed by atoms with van der Waals surface area (Å²) in [6.45, 7) is 5.56. The molecule has 0 saturated heterocycles. The fraction of sp³-hybridized carbons (Fsp3) is 0.156. The maximum Gasteiger partial charge on any atom is 0.182 e. The van der Waals surface area contributed by atoms with Crippen LogP contribution in [0.4, 0.5) is 0 Å². The van der Waals surface area contributed by atoms with Crippen LogP contribution in [0.2, 0.25) is 0 Å². The molecule has 0 spiro atoms. The minimum absolute atomic E-state index is 0.0133. The van der Waals surface area contributed by atoms with E-state index in [-0.39, 0.29) is 5.41 Å². The van der Waals surface area contributed by atoms with Gasteiger partial charge in [-0.3, -0.25) is 0 Å². The normalized spacial score (nSPS) is 18.4. The second kappa shape index (κ2) is 11.5. The number of rotatable bonds is 5. The predicted octanol–water partition coefficient (Wildman–Crippen LogP) is 9.94. The first-order valence-corrected chi connectivity index (χ1v) is 17.8. The quantitative estimate of drug-likeness (QED) is 0.184. The molecule has 4 aromatic carbocycles. The first-order chi connectivity index (χ1) is 25.0. The SMILES string of the molecule is CC1(C)c2cc(-c3cc(-c4nc5n(n4)CCC=C5c4ccccc4)cc(-c4nc5c(-c6ccccc6)cccn5n4)c3)ccc2C2C=CC=CC21. The average molecular weight is 661 g/mol. The van der Waals surface area contributed by atoms with Crippen LogP contribution in [0.25, 0.3) is 56.2 Å². The highest BCUT2D eigenvalue weighted by molar-refractivity contribution is 5.83. The third kappa shape index (κ3) is 4.85. The summed E-state index contributed by atoms with van der Waals surface area (Å²) in [5, 5.41) is 10.1. The fourth-order valence-electron chi connectivity index (χ4n) is 8.39. The van der Waals surface area contributed by atoms with Crippen LogP contribution in [0.1, 0.15) is 48.7 Å². The lowest BCUT2D eigenvalue weighted by Crippen LogP contribution is -2.24. The van der Waals surface area contributed by atoms with E-state index in [1.165, 1.54) is 16.7 Å². The Labute approximate surface area is 297 Å². The van der Waals surface area contributed by atoms with Crippen LogP contribution >= 0.6 is 0 Å². The van der Waals surface area contributed by atoms with E-state index in [0.29, 0.717) is 23.5 Å². The van der Waals surface area contributed by atoms with Crippen molar-refractivity contribution >= 4 is 11.2 Å². The molecule has 10 rings (SSSR count). The molecule has 2 atom stereocenters. The Bertz CT molecular complexity index is 2570. The van der Waals surface area contributed by atoms with Gasteiger partial charge in [-0.25, -0.2) is 19.2 Å². The topological polar surface area (TPSA) is 60.9 Å². The fourth-order valence-corrected chi connectivity index (χ4v) is 8.39.